The molecule has 8 heteroatoms. The second-order valence-electron chi connectivity index (χ2n) is 6.51. The van der Waals surface area contributed by atoms with Crippen LogP contribution in [0.1, 0.15) is 10.4 Å². The lowest BCUT2D eigenvalue weighted by atomic mass is 10.1. The third-order valence-corrected chi connectivity index (χ3v) is 7.40. The van der Waals surface area contributed by atoms with Crippen LogP contribution in [0, 0.1) is 0 Å². The van der Waals surface area contributed by atoms with E-state index in [1.807, 2.05) is 18.2 Å². The molecule has 0 N–H and O–H groups in total. The number of benzene rings is 3. The molecule has 0 aliphatic heterocycles. The highest BCUT2D eigenvalue weighted by atomic mass is 35.5. The largest absolute Gasteiger partial charge is 0.428 e. The first-order valence-corrected chi connectivity index (χ1v) is 12.1. The van der Waals surface area contributed by atoms with E-state index in [4.69, 9.17) is 16.0 Å². The van der Waals surface area contributed by atoms with E-state index in [0.29, 0.717) is 16.1 Å². The molecule has 0 saturated carbocycles. The molecule has 0 atom stereocenters. The third kappa shape index (κ3) is 4.74. The van der Waals surface area contributed by atoms with Crippen LogP contribution in [0.4, 0.5) is 0 Å². The summed E-state index contributed by atoms with van der Waals surface area (Å²) in [4.78, 5) is 17.0. The van der Waals surface area contributed by atoms with Gasteiger partial charge >= 0.3 is 0 Å². The smallest absolute Gasteiger partial charge is 0.228 e. The van der Waals surface area contributed by atoms with Gasteiger partial charge in [0.1, 0.15) is 0 Å². The number of ketones is 1. The average Bonchev–Trinajstić information content (AvgIpc) is 3.24. The maximum atomic E-state index is 13.2. The highest BCUT2D eigenvalue weighted by Crippen LogP contribution is 2.35. The number of hydrogen-bond acceptors (Lipinski definition) is 6. The third-order valence-electron chi connectivity index (χ3n) is 4.40. The van der Waals surface area contributed by atoms with Crippen molar-refractivity contribution in [1.29, 1.82) is 0 Å². The number of thioether (sulfide) groups is 1. The van der Waals surface area contributed by atoms with E-state index < -0.39 is 9.84 Å². The molecule has 5 nitrogen and oxygen atoms in total. The molecule has 4 aromatic rings. The lowest BCUT2D eigenvalue weighted by molar-refractivity contribution is 0.102. The van der Waals surface area contributed by atoms with Crippen LogP contribution >= 0.6 is 23.4 Å². The minimum Gasteiger partial charge on any atom is -0.428 e. The van der Waals surface area contributed by atoms with Crippen molar-refractivity contribution in [3.8, 4) is 11.5 Å². The molecule has 1 heterocycles. The molecule has 0 unspecified atom stereocenters. The Morgan fingerprint density at radius 2 is 1.52 bits per heavy atom. The van der Waals surface area contributed by atoms with Gasteiger partial charge in [-0.2, -0.15) is 4.98 Å². The van der Waals surface area contributed by atoms with Gasteiger partial charge in [-0.25, -0.2) is 8.42 Å². The van der Waals surface area contributed by atoms with Crippen molar-refractivity contribution >= 4 is 39.0 Å². The topological polar surface area (TPSA) is 77.2 Å². The SMILES string of the molecule is O=C(CSc1oc(-c2ccccc2)nc1S(=O)(=O)c1ccccc1)c1ccc(Cl)cc1. The second-order valence-corrected chi connectivity index (χ2v) is 9.76. The first-order valence-electron chi connectivity index (χ1n) is 9.23. The Labute approximate surface area is 189 Å². The van der Waals surface area contributed by atoms with Gasteiger partial charge in [0, 0.05) is 16.1 Å². The molecular weight excluding hydrogens is 454 g/mol. The molecule has 0 radical (unpaired) electrons. The molecule has 0 aliphatic carbocycles. The predicted molar refractivity (Wildman–Crippen MR) is 120 cm³/mol. The van der Waals surface area contributed by atoms with Gasteiger partial charge in [0.05, 0.1) is 10.6 Å². The summed E-state index contributed by atoms with van der Waals surface area (Å²) in [5.74, 6) is -0.0125. The predicted octanol–water partition coefficient (Wildman–Crippen LogP) is 5.80. The van der Waals surface area contributed by atoms with Crippen LogP contribution in [0.5, 0.6) is 0 Å². The maximum Gasteiger partial charge on any atom is 0.228 e. The van der Waals surface area contributed by atoms with E-state index >= 15 is 0 Å². The Hall–Kier alpha value is -2.87. The molecule has 0 bridgehead atoms. The maximum absolute atomic E-state index is 13.2. The summed E-state index contributed by atoms with van der Waals surface area (Å²) in [5.41, 5.74) is 1.12. The number of hydrogen-bond donors (Lipinski definition) is 0. The van der Waals surface area contributed by atoms with Gasteiger partial charge in [0.25, 0.3) is 0 Å². The molecule has 0 amide bonds. The van der Waals surface area contributed by atoms with Gasteiger partial charge in [-0.3, -0.25) is 4.79 Å². The number of halogens is 1. The van der Waals surface area contributed by atoms with Gasteiger partial charge in [-0.15, -0.1) is 0 Å². The Balaban J connectivity index is 1.69. The van der Waals surface area contributed by atoms with Gasteiger partial charge in [-0.1, -0.05) is 59.8 Å². The molecule has 0 saturated heterocycles. The van der Waals surface area contributed by atoms with E-state index in [-0.39, 0.29) is 32.4 Å². The molecule has 4 rings (SSSR count). The quantitative estimate of drug-likeness (QED) is 0.251. The van der Waals surface area contributed by atoms with Crippen molar-refractivity contribution in [2.24, 2.45) is 0 Å². The van der Waals surface area contributed by atoms with E-state index in [1.165, 1.54) is 12.1 Å². The van der Waals surface area contributed by atoms with E-state index in [9.17, 15) is 13.2 Å². The normalized spacial score (nSPS) is 11.4. The number of carbonyl (C=O) groups excluding carboxylic acids is 1. The number of nitrogens with zero attached hydrogens (tertiary/aromatic N) is 1. The molecule has 31 heavy (non-hydrogen) atoms. The zero-order valence-electron chi connectivity index (χ0n) is 16.1. The summed E-state index contributed by atoms with van der Waals surface area (Å²) in [5, 5.41) is 0.402. The Kier molecular flexibility index (Phi) is 6.27. The summed E-state index contributed by atoms with van der Waals surface area (Å²) in [6.45, 7) is 0. The van der Waals surface area contributed by atoms with Gasteiger partial charge < -0.3 is 4.42 Å². The van der Waals surface area contributed by atoms with Crippen molar-refractivity contribution in [2.45, 2.75) is 15.0 Å². The Morgan fingerprint density at radius 3 is 2.16 bits per heavy atom. The summed E-state index contributed by atoms with van der Waals surface area (Å²) in [6, 6.07) is 23.5. The van der Waals surface area contributed by atoms with Crippen molar-refractivity contribution in [3.05, 3.63) is 95.5 Å². The summed E-state index contributed by atoms with van der Waals surface area (Å²) >= 11 is 6.87. The van der Waals surface area contributed by atoms with Crippen LogP contribution < -0.4 is 0 Å². The van der Waals surface area contributed by atoms with Crippen LogP contribution in [-0.2, 0) is 9.84 Å². The molecule has 0 fully saturated rings. The molecule has 0 aliphatic rings. The zero-order valence-corrected chi connectivity index (χ0v) is 18.5. The number of oxazole rings is 1. The number of aromatic nitrogens is 1. The number of Topliss-reactive ketones (excluding diaryl/α,β-unsaturated/α-hetero) is 1. The fraction of sp³-hybridized carbons (Fsp3) is 0.0435. The first-order chi connectivity index (χ1) is 14.9. The highest BCUT2D eigenvalue weighted by Gasteiger charge is 2.29. The van der Waals surface area contributed by atoms with Gasteiger partial charge in [0.15, 0.2) is 5.78 Å². The van der Waals surface area contributed by atoms with Crippen molar-refractivity contribution < 1.29 is 17.6 Å². The molecule has 3 aromatic carbocycles. The fourth-order valence-electron chi connectivity index (χ4n) is 2.82. The summed E-state index contributed by atoms with van der Waals surface area (Å²) in [6.07, 6.45) is 0. The average molecular weight is 470 g/mol. The van der Waals surface area contributed by atoms with Crippen LogP contribution in [0.15, 0.2) is 104 Å². The van der Waals surface area contributed by atoms with Crippen LogP contribution in [-0.4, -0.2) is 24.9 Å². The van der Waals surface area contributed by atoms with Crippen molar-refractivity contribution in [2.75, 3.05) is 5.75 Å². The molecular formula is C23H16ClNO4S2. The fourth-order valence-corrected chi connectivity index (χ4v) is 5.39. The van der Waals surface area contributed by atoms with E-state index in [0.717, 1.165) is 11.8 Å². The number of sulfone groups is 1. The minimum absolute atomic E-state index is 0.0115. The van der Waals surface area contributed by atoms with Gasteiger partial charge in [0.2, 0.25) is 25.8 Å². The zero-order chi connectivity index (χ0) is 21.8. The van der Waals surface area contributed by atoms with Crippen LogP contribution in [0.25, 0.3) is 11.5 Å². The van der Waals surface area contributed by atoms with Crippen molar-refractivity contribution in [3.63, 3.8) is 0 Å². The van der Waals surface area contributed by atoms with Crippen LogP contribution in [0.3, 0.4) is 0 Å². The second kappa shape index (κ2) is 9.09. The van der Waals surface area contributed by atoms with Crippen molar-refractivity contribution in [1.82, 2.24) is 4.98 Å². The van der Waals surface area contributed by atoms with E-state index in [1.54, 1.807) is 54.6 Å². The highest BCUT2D eigenvalue weighted by molar-refractivity contribution is 8.00. The monoisotopic (exact) mass is 469 g/mol. The van der Waals surface area contributed by atoms with Gasteiger partial charge in [-0.05, 0) is 48.5 Å². The molecule has 156 valence electrons. The minimum atomic E-state index is -3.93. The first kappa shape index (κ1) is 21.4. The Bertz CT molecular complexity index is 1300. The standard InChI is InChI=1S/C23H16ClNO4S2/c24-18-13-11-16(12-14-18)20(26)15-30-23-22(31(27,28)19-9-5-2-6-10-19)25-21(29-23)17-7-3-1-4-8-17/h1-14H,15H2. The lowest BCUT2D eigenvalue weighted by Gasteiger charge is -2.03. The van der Waals surface area contributed by atoms with E-state index in [2.05, 4.69) is 4.98 Å². The molecule has 0 spiro atoms. The molecule has 1 aromatic heterocycles. The summed E-state index contributed by atoms with van der Waals surface area (Å²) < 4.78 is 32.2. The Morgan fingerprint density at radius 1 is 0.903 bits per heavy atom. The lowest BCUT2D eigenvalue weighted by Crippen LogP contribution is -2.05. The van der Waals surface area contributed by atoms with Crippen LogP contribution in [0.2, 0.25) is 5.02 Å². The summed E-state index contributed by atoms with van der Waals surface area (Å²) in [7, 11) is -3.93. The number of rotatable bonds is 7. The number of carbonyl (C=O) groups is 1.